The lowest BCUT2D eigenvalue weighted by Crippen LogP contribution is -2.37. The molecule has 2 aromatic rings. The van der Waals surface area contributed by atoms with E-state index in [2.05, 4.69) is 10.6 Å². The van der Waals surface area contributed by atoms with Crippen molar-refractivity contribution in [2.24, 2.45) is 0 Å². The van der Waals surface area contributed by atoms with E-state index in [-0.39, 0.29) is 35.0 Å². The average Bonchev–Trinajstić information content (AvgIpc) is 2.60. The fourth-order valence-corrected chi connectivity index (χ4v) is 3.55. The number of halogens is 1. The van der Waals surface area contributed by atoms with E-state index in [1.54, 1.807) is 36.4 Å². The van der Waals surface area contributed by atoms with Gasteiger partial charge in [0, 0.05) is 18.2 Å². The highest BCUT2D eigenvalue weighted by Crippen LogP contribution is 2.17. The van der Waals surface area contributed by atoms with Crippen LogP contribution < -0.4 is 10.6 Å². The minimum Gasteiger partial charge on any atom is -0.350 e. The van der Waals surface area contributed by atoms with Gasteiger partial charge in [0.15, 0.2) is 9.84 Å². The second kappa shape index (κ2) is 9.56. The van der Waals surface area contributed by atoms with Gasteiger partial charge < -0.3 is 10.6 Å². The molecule has 2 rings (SSSR count). The molecule has 2 aromatic carbocycles. The third-order valence-corrected chi connectivity index (χ3v) is 5.40. The Labute approximate surface area is 155 Å². The Morgan fingerprint density at radius 1 is 1.08 bits per heavy atom. The maximum atomic E-state index is 12.5. The first-order chi connectivity index (χ1) is 11.4. The summed E-state index contributed by atoms with van der Waals surface area (Å²) in [5.41, 5.74) is 1.06. The molecule has 2 N–H and O–H groups in total. The number of hydrogen-bond donors (Lipinski definition) is 2. The Kier molecular flexibility index (Phi) is 8.09. The van der Waals surface area contributed by atoms with Crippen molar-refractivity contribution < 1.29 is 13.2 Å². The molecular weight excluding hydrogens is 360 g/mol. The lowest BCUT2D eigenvalue weighted by Gasteiger charge is -2.12. The van der Waals surface area contributed by atoms with Gasteiger partial charge in [0.25, 0.3) is 5.91 Å². The molecule has 136 valence electrons. The number of hydrogen-bond acceptors (Lipinski definition) is 4. The molecule has 0 aromatic heterocycles. The SMILES string of the molecule is CNC(C)CNC(=O)c1cccc(S(=O)(=O)Cc2ccccc2)c1.Cl. The highest BCUT2D eigenvalue weighted by molar-refractivity contribution is 7.90. The molecule has 0 saturated carbocycles. The molecule has 1 amide bonds. The van der Waals surface area contributed by atoms with Crippen LogP contribution in [0.3, 0.4) is 0 Å². The molecule has 1 unspecified atom stereocenters. The fourth-order valence-electron chi connectivity index (χ4n) is 2.16. The zero-order valence-electron chi connectivity index (χ0n) is 14.2. The van der Waals surface area contributed by atoms with Crippen molar-refractivity contribution in [1.82, 2.24) is 10.6 Å². The zero-order chi connectivity index (χ0) is 17.6. The summed E-state index contributed by atoms with van der Waals surface area (Å²) in [5.74, 6) is -0.371. The number of rotatable bonds is 7. The largest absolute Gasteiger partial charge is 0.350 e. The number of sulfone groups is 1. The molecule has 0 bridgehead atoms. The smallest absolute Gasteiger partial charge is 0.251 e. The van der Waals surface area contributed by atoms with E-state index >= 15 is 0 Å². The van der Waals surface area contributed by atoms with Gasteiger partial charge in [-0.15, -0.1) is 12.4 Å². The van der Waals surface area contributed by atoms with Gasteiger partial charge in [-0.1, -0.05) is 36.4 Å². The predicted octanol–water partition coefficient (Wildman–Crippen LogP) is 2.42. The zero-order valence-corrected chi connectivity index (χ0v) is 15.9. The number of benzene rings is 2. The maximum Gasteiger partial charge on any atom is 0.251 e. The lowest BCUT2D eigenvalue weighted by atomic mass is 10.2. The molecule has 5 nitrogen and oxygen atoms in total. The molecule has 0 radical (unpaired) electrons. The number of amides is 1. The second-order valence-corrected chi connectivity index (χ2v) is 7.66. The van der Waals surface area contributed by atoms with Gasteiger partial charge >= 0.3 is 0 Å². The van der Waals surface area contributed by atoms with E-state index in [9.17, 15) is 13.2 Å². The van der Waals surface area contributed by atoms with Crippen LogP contribution in [0.1, 0.15) is 22.8 Å². The summed E-state index contributed by atoms with van der Waals surface area (Å²) in [6.45, 7) is 2.41. The molecule has 0 fully saturated rings. The van der Waals surface area contributed by atoms with Crippen LogP contribution >= 0.6 is 12.4 Å². The van der Waals surface area contributed by atoms with Crippen molar-refractivity contribution in [1.29, 1.82) is 0 Å². The Morgan fingerprint density at radius 3 is 2.40 bits per heavy atom. The Balaban J connectivity index is 0.00000312. The van der Waals surface area contributed by atoms with E-state index in [0.29, 0.717) is 12.1 Å². The average molecular weight is 383 g/mol. The first kappa shape index (κ1) is 21.2. The van der Waals surface area contributed by atoms with Crippen molar-refractivity contribution in [2.75, 3.05) is 13.6 Å². The monoisotopic (exact) mass is 382 g/mol. The summed E-state index contributed by atoms with van der Waals surface area (Å²) < 4.78 is 25.1. The van der Waals surface area contributed by atoms with E-state index in [0.717, 1.165) is 5.56 Å². The minimum atomic E-state index is -3.50. The van der Waals surface area contributed by atoms with Crippen LogP contribution in [0.4, 0.5) is 0 Å². The van der Waals surface area contributed by atoms with E-state index in [1.807, 2.05) is 20.0 Å². The molecule has 0 saturated heterocycles. The molecule has 0 aliphatic rings. The van der Waals surface area contributed by atoms with Gasteiger partial charge in [-0.3, -0.25) is 4.79 Å². The fraction of sp³-hybridized carbons (Fsp3) is 0.278. The van der Waals surface area contributed by atoms with Crippen LogP contribution in [0.2, 0.25) is 0 Å². The summed E-state index contributed by atoms with van der Waals surface area (Å²) in [4.78, 5) is 12.3. The normalized spacial score (nSPS) is 12.1. The van der Waals surface area contributed by atoms with E-state index < -0.39 is 9.84 Å². The van der Waals surface area contributed by atoms with Crippen LogP contribution in [0, 0.1) is 0 Å². The molecule has 0 heterocycles. The molecule has 0 aliphatic carbocycles. The van der Waals surface area contributed by atoms with Gasteiger partial charge in [0.05, 0.1) is 10.6 Å². The summed E-state index contributed by atoms with van der Waals surface area (Å²) >= 11 is 0. The number of likely N-dealkylation sites (N-methyl/N-ethyl adjacent to an activating group) is 1. The number of carbonyl (C=O) groups is 1. The molecule has 0 spiro atoms. The van der Waals surface area contributed by atoms with Crippen molar-refractivity contribution in [3.63, 3.8) is 0 Å². The van der Waals surface area contributed by atoms with Gasteiger partial charge in [-0.25, -0.2) is 8.42 Å². The molecular formula is C18H23ClN2O3S. The summed E-state index contributed by atoms with van der Waals surface area (Å²) in [6, 6.07) is 15.3. The molecule has 0 aliphatic heterocycles. The van der Waals surface area contributed by atoms with Crippen molar-refractivity contribution >= 4 is 28.2 Å². The van der Waals surface area contributed by atoms with E-state index in [1.165, 1.54) is 12.1 Å². The molecule has 7 heteroatoms. The molecule has 25 heavy (non-hydrogen) atoms. The van der Waals surface area contributed by atoms with Crippen LogP contribution in [0.15, 0.2) is 59.5 Å². The lowest BCUT2D eigenvalue weighted by molar-refractivity contribution is 0.0950. The van der Waals surface area contributed by atoms with Gasteiger partial charge in [-0.2, -0.15) is 0 Å². The Hall–Kier alpha value is -1.89. The predicted molar refractivity (Wildman–Crippen MR) is 102 cm³/mol. The minimum absolute atomic E-state index is 0. The standard InChI is InChI=1S/C18H22N2O3S.ClH/c1-14(19-2)12-20-18(21)16-9-6-10-17(11-16)24(22,23)13-15-7-4-3-5-8-15;/h3-11,14,19H,12-13H2,1-2H3,(H,20,21);1H. The van der Waals surface area contributed by atoms with Gasteiger partial charge in [0.2, 0.25) is 0 Å². The number of carbonyl (C=O) groups excluding carboxylic acids is 1. The van der Waals surface area contributed by atoms with Crippen molar-refractivity contribution in [3.8, 4) is 0 Å². The van der Waals surface area contributed by atoms with Crippen molar-refractivity contribution in [2.45, 2.75) is 23.6 Å². The van der Waals surface area contributed by atoms with Crippen molar-refractivity contribution in [3.05, 3.63) is 65.7 Å². The summed E-state index contributed by atoms with van der Waals surface area (Å²) in [7, 11) is -1.68. The third-order valence-electron chi connectivity index (χ3n) is 3.72. The van der Waals surface area contributed by atoms with E-state index in [4.69, 9.17) is 0 Å². The van der Waals surface area contributed by atoms with Crippen LogP contribution in [-0.2, 0) is 15.6 Å². The van der Waals surface area contributed by atoms with Gasteiger partial charge in [0.1, 0.15) is 0 Å². The summed E-state index contributed by atoms with van der Waals surface area (Å²) in [5, 5.41) is 5.81. The molecule has 1 atom stereocenters. The van der Waals surface area contributed by atoms with Crippen LogP contribution in [0.25, 0.3) is 0 Å². The third kappa shape index (κ3) is 6.16. The van der Waals surface area contributed by atoms with Gasteiger partial charge in [-0.05, 0) is 37.7 Å². The quantitative estimate of drug-likeness (QED) is 0.771. The summed E-state index contributed by atoms with van der Waals surface area (Å²) in [6.07, 6.45) is 0. The Bertz CT molecular complexity index is 795. The Morgan fingerprint density at radius 2 is 1.76 bits per heavy atom. The first-order valence-electron chi connectivity index (χ1n) is 7.74. The van der Waals surface area contributed by atoms with Crippen LogP contribution in [0.5, 0.6) is 0 Å². The first-order valence-corrected chi connectivity index (χ1v) is 9.40. The highest BCUT2D eigenvalue weighted by atomic mass is 35.5. The topological polar surface area (TPSA) is 75.3 Å². The maximum absolute atomic E-state index is 12.5. The number of nitrogens with one attached hydrogen (secondary N) is 2. The second-order valence-electron chi connectivity index (χ2n) is 5.67. The highest BCUT2D eigenvalue weighted by Gasteiger charge is 2.17. The van der Waals surface area contributed by atoms with Crippen LogP contribution in [-0.4, -0.2) is 34.0 Å².